The maximum atomic E-state index is 5.97. The zero-order valence-electron chi connectivity index (χ0n) is 12.3. The van der Waals surface area contributed by atoms with Crippen molar-refractivity contribution < 1.29 is 4.74 Å². The first-order valence-electron chi connectivity index (χ1n) is 7.47. The summed E-state index contributed by atoms with van der Waals surface area (Å²) in [5.74, 6) is 0. The summed E-state index contributed by atoms with van der Waals surface area (Å²) >= 11 is 7.66. The summed E-state index contributed by atoms with van der Waals surface area (Å²) in [6, 6.07) is 8.59. The maximum absolute atomic E-state index is 5.97. The van der Waals surface area contributed by atoms with E-state index >= 15 is 0 Å². The topological polar surface area (TPSA) is 59.9 Å². The summed E-state index contributed by atoms with van der Waals surface area (Å²) in [6.07, 6.45) is 5.37. The van der Waals surface area contributed by atoms with E-state index < -0.39 is 0 Å². The molecule has 2 aromatic heterocycles. The van der Waals surface area contributed by atoms with Crippen LogP contribution in [-0.2, 0) is 11.3 Å². The van der Waals surface area contributed by atoms with Gasteiger partial charge in [-0.2, -0.15) is 0 Å². The van der Waals surface area contributed by atoms with Crippen LogP contribution >= 0.6 is 22.9 Å². The van der Waals surface area contributed by atoms with Crippen molar-refractivity contribution in [2.75, 3.05) is 5.32 Å². The Hall–Kier alpha value is -1.76. The number of aromatic nitrogens is 3. The smallest absolute Gasteiger partial charge is 0.184 e. The van der Waals surface area contributed by atoms with E-state index in [1.54, 1.807) is 23.7 Å². The van der Waals surface area contributed by atoms with Crippen molar-refractivity contribution in [3.05, 3.63) is 47.5 Å². The van der Waals surface area contributed by atoms with E-state index in [-0.39, 0.29) is 6.10 Å². The predicted octanol–water partition coefficient (Wildman–Crippen LogP) is 3.90. The van der Waals surface area contributed by atoms with Gasteiger partial charge in [-0.1, -0.05) is 35.1 Å². The minimum Gasteiger partial charge on any atom is -0.372 e. The number of hydrogen-bond acceptors (Lipinski definition) is 6. The number of hydrogen-bond donors (Lipinski definition) is 1. The van der Waals surface area contributed by atoms with Crippen LogP contribution in [0.15, 0.2) is 36.7 Å². The van der Waals surface area contributed by atoms with Crippen LogP contribution in [0.1, 0.15) is 18.5 Å². The zero-order chi connectivity index (χ0) is 15.6. The van der Waals surface area contributed by atoms with Crippen LogP contribution in [0.2, 0.25) is 5.15 Å². The molecule has 7 heteroatoms. The van der Waals surface area contributed by atoms with E-state index in [1.165, 1.54) is 4.70 Å². The van der Waals surface area contributed by atoms with Gasteiger partial charge in [0.1, 0.15) is 5.69 Å². The lowest BCUT2D eigenvalue weighted by Gasteiger charge is -2.35. The third-order valence-corrected chi connectivity index (χ3v) is 5.18. The van der Waals surface area contributed by atoms with Gasteiger partial charge in [-0.25, -0.2) is 9.97 Å². The number of halogens is 1. The van der Waals surface area contributed by atoms with Crippen molar-refractivity contribution in [1.29, 1.82) is 0 Å². The second-order valence-electron chi connectivity index (χ2n) is 5.53. The van der Waals surface area contributed by atoms with Crippen LogP contribution in [0.25, 0.3) is 10.2 Å². The van der Waals surface area contributed by atoms with Gasteiger partial charge in [0.05, 0.1) is 22.9 Å². The lowest BCUT2D eigenvalue weighted by Crippen LogP contribution is -2.40. The van der Waals surface area contributed by atoms with Gasteiger partial charge in [-0.3, -0.25) is 4.98 Å². The lowest BCUT2D eigenvalue weighted by molar-refractivity contribution is -0.0164. The molecule has 1 aliphatic rings. The minimum atomic E-state index is 0.236. The van der Waals surface area contributed by atoms with Crippen molar-refractivity contribution in [3.8, 4) is 0 Å². The summed E-state index contributed by atoms with van der Waals surface area (Å²) in [6.45, 7) is 0.408. The van der Waals surface area contributed by atoms with Gasteiger partial charge in [0.15, 0.2) is 10.3 Å². The highest BCUT2D eigenvalue weighted by Gasteiger charge is 2.30. The van der Waals surface area contributed by atoms with E-state index in [4.69, 9.17) is 16.3 Å². The number of fused-ring (bicyclic) bond motifs is 1. The van der Waals surface area contributed by atoms with Gasteiger partial charge in [0.25, 0.3) is 0 Å². The van der Waals surface area contributed by atoms with Crippen LogP contribution < -0.4 is 5.32 Å². The maximum Gasteiger partial charge on any atom is 0.184 e. The molecule has 0 radical (unpaired) electrons. The van der Waals surface area contributed by atoms with Crippen LogP contribution in [0, 0.1) is 0 Å². The first-order chi connectivity index (χ1) is 11.3. The highest BCUT2D eigenvalue weighted by Crippen LogP contribution is 2.31. The Labute approximate surface area is 142 Å². The number of ether oxygens (including phenoxy) is 1. The van der Waals surface area contributed by atoms with Crippen LogP contribution in [-0.4, -0.2) is 27.1 Å². The molecule has 3 aromatic rings. The average molecular weight is 347 g/mol. The van der Waals surface area contributed by atoms with E-state index in [1.807, 2.05) is 18.2 Å². The van der Waals surface area contributed by atoms with Crippen molar-refractivity contribution in [1.82, 2.24) is 15.0 Å². The Morgan fingerprint density at radius 1 is 1.22 bits per heavy atom. The van der Waals surface area contributed by atoms with Crippen LogP contribution in [0.5, 0.6) is 0 Å². The molecule has 0 bridgehead atoms. The van der Waals surface area contributed by atoms with Gasteiger partial charge >= 0.3 is 0 Å². The molecule has 0 amide bonds. The number of anilines is 1. The monoisotopic (exact) mass is 346 g/mol. The standard InChI is InChI=1S/C16H15ClN4OS/c17-15-13(18-5-6-19-15)9-22-11-7-10(8-11)20-16-21-12-3-1-2-4-14(12)23-16/h1-6,10-11H,7-9H2,(H,20,21). The molecule has 2 heterocycles. The molecule has 5 nitrogen and oxygen atoms in total. The summed E-state index contributed by atoms with van der Waals surface area (Å²) in [5, 5.41) is 4.87. The number of para-hydroxylation sites is 1. The second-order valence-corrected chi connectivity index (χ2v) is 6.91. The molecule has 1 aliphatic carbocycles. The van der Waals surface area contributed by atoms with Crippen molar-refractivity contribution in [2.24, 2.45) is 0 Å². The normalized spacial score (nSPS) is 20.4. The summed E-state index contributed by atoms with van der Waals surface area (Å²) in [5.41, 5.74) is 1.74. The number of nitrogens with one attached hydrogen (secondary N) is 1. The second kappa shape index (κ2) is 6.39. The number of rotatable bonds is 5. The van der Waals surface area contributed by atoms with E-state index in [0.29, 0.717) is 23.5 Å². The quantitative estimate of drug-likeness (QED) is 0.759. The SMILES string of the molecule is Clc1nccnc1COC1CC(Nc2nc3ccccc3s2)C1. The summed E-state index contributed by atoms with van der Waals surface area (Å²) < 4.78 is 7.04. The summed E-state index contributed by atoms with van der Waals surface area (Å²) in [4.78, 5) is 12.8. The molecule has 0 saturated heterocycles. The average Bonchev–Trinajstić information content (AvgIpc) is 2.93. The predicted molar refractivity (Wildman–Crippen MR) is 91.9 cm³/mol. The Morgan fingerprint density at radius 2 is 2.04 bits per heavy atom. The fourth-order valence-corrected chi connectivity index (χ4v) is 3.67. The fraction of sp³-hybridized carbons (Fsp3) is 0.312. The molecular weight excluding hydrogens is 332 g/mol. The van der Waals surface area contributed by atoms with Crippen LogP contribution in [0.4, 0.5) is 5.13 Å². The van der Waals surface area contributed by atoms with E-state index in [9.17, 15) is 0 Å². The molecule has 1 aromatic carbocycles. The molecular formula is C16H15ClN4OS. The lowest BCUT2D eigenvalue weighted by atomic mass is 9.89. The summed E-state index contributed by atoms with van der Waals surface area (Å²) in [7, 11) is 0. The molecule has 23 heavy (non-hydrogen) atoms. The first kappa shape index (κ1) is 14.8. The number of benzene rings is 1. The highest BCUT2D eigenvalue weighted by atomic mass is 35.5. The molecule has 1 saturated carbocycles. The van der Waals surface area contributed by atoms with Crippen molar-refractivity contribution >= 4 is 38.3 Å². The fourth-order valence-electron chi connectivity index (χ4n) is 2.57. The minimum absolute atomic E-state index is 0.236. The molecule has 1 N–H and O–H groups in total. The highest BCUT2D eigenvalue weighted by molar-refractivity contribution is 7.22. The molecule has 0 spiro atoms. The van der Waals surface area contributed by atoms with Gasteiger partial charge < -0.3 is 10.1 Å². The molecule has 4 rings (SSSR count). The molecule has 0 unspecified atom stereocenters. The Balaban J connectivity index is 1.27. The van der Waals surface area contributed by atoms with E-state index in [0.717, 1.165) is 23.5 Å². The third kappa shape index (κ3) is 3.29. The largest absolute Gasteiger partial charge is 0.372 e. The van der Waals surface area contributed by atoms with Crippen LogP contribution in [0.3, 0.4) is 0 Å². The number of nitrogens with zero attached hydrogens (tertiary/aromatic N) is 3. The first-order valence-corrected chi connectivity index (χ1v) is 8.66. The zero-order valence-corrected chi connectivity index (χ0v) is 13.8. The van der Waals surface area contributed by atoms with Crippen molar-refractivity contribution in [2.45, 2.75) is 31.6 Å². The Bertz CT molecular complexity index is 785. The molecule has 0 atom stereocenters. The molecule has 118 valence electrons. The Morgan fingerprint density at radius 3 is 2.87 bits per heavy atom. The third-order valence-electron chi connectivity index (χ3n) is 3.90. The molecule has 0 aliphatic heterocycles. The van der Waals surface area contributed by atoms with Gasteiger partial charge in [0.2, 0.25) is 0 Å². The molecule has 1 fully saturated rings. The number of thiazole rings is 1. The van der Waals surface area contributed by atoms with E-state index in [2.05, 4.69) is 26.3 Å². The van der Waals surface area contributed by atoms with Crippen molar-refractivity contribution in [3.63, 3.8) is 0 Å². The Kier molecular flexibility index (Phi) is 4.11. The van der Waals surface area contributed by atoms with Gasteiger partial charge in [-0.15, -0.1) is 0 Å². The van der Waals surface area contributed by atoms with Gasteiger partial charge in [-0.05, 0) is 25.0 Å². The van der Waals surface area contributed by atoms with Gasteiger partial charge in [0, 0.05) is 18.4 Å².